The molecule has 2 aromatic carbocycles. The number of rotatable bonds is 8. The van der Waals surface area contributed by atoms with Crippen molar-refractivity contribution < 1.29 is 14.3 Å². The number of hydrogen-bond acceptors (Lipinski definition) is 6. The van der Waals surface area contributed by atoms with E-state index in [0.717, 1.165) is 11.1 Å². The lowest BCUT2D eigenvalue weighted by atomic mass is 10.1. The Morgan fingerprint density at radius 3 is 2.54 bits per heavy atom. The largest absolute Gasteiger partial charge is 0.465 e. The lowest BCUT2D eigenvalue weighted by molar-refractivity contribution is -0.121. The van der Waals surface area contributed by atoms with Gasteiger partial charge in [0, 0.05) is 18.5 Å². The average molecular weight is 379 g/mol. The number of ether oxygens (including phenoxy) is 1. The molecule has 0 aliphatic heterocycles. The Bertz CT molecular complexity index is 923. The Labute approximate surface area is 162 Å². The molecule has 1 heterocycles. The molecule has 0 spiro atoms. The molecule has 144 valence electrons. The van der Waals surface area contributed by atoms with Crippen molar-refractivity contribution in [2.45, 2.75) is 25.9 Å². The highest BCUT2D eigenvalue weighted by Gasteiger charge is 2.07. The Hall–Kier alpha value is -3.55. The van der Waals surface area contributed by atoms with Crippen molar-refractivity contribution in [2.24, 2.45) is 0 Å². The summed E-state index contributed by atoms with van der Waals surface area (Å²) in [5.74, 6) is 0.133. The molecule has 0 aliphatic rings. The fourth-order valence-corrected chi connectivity index (χ4v) is 2.59. The van der Waals surface area contributed by atoms with Gasteiger partial charge in [-0.05, 0) is 29.3 Å². The first-order valence-corrected chi connectivity index (χ1v) is 8.93. The van der Waals surface area contributed by atoms with Gasteiger partial charge < -0.3 is 10.1 Å². The van der Waals surface area contributed by atoms with E-state index in [4.69, 9.17) is 0 Å². The predicted octanol–water partition coefficient (Wildman–Crippen LogP) is 2.22. The van der Waals surface area contributed by atoms with Crippen LogP contribution in [0.2, 0.25) is 0 Å². The van der Waals surface area contributed by atoms with Gasteiger partial charge in [0.2, 0.25) is 11.7 Å². The van der Waals surface area contributed by atoms with E-state index in [-0.39, 0.29) is 11.9 Å². The normalized spacial score (nSPS) is 10.5. The van der Waals surface area contributed by atoms with Gasteiger partial charge in [0.25, 0.3) is 0 Å². The van der Waals surface area contributed by atoms with Gasteiger partial charge in [0.15, 0.2) is 0 Å². The van der Waals surface area contributed by atoms with Gasteiger partial charge in [-0.2, -0.15) is 4.80 Å². The molecule has 8 heteroatoms. The van der Waals surface area contributed by atoms with Gasteiger partial charge in [-0.3, -0.25) is 4.79 Å². The summed E-state index contributed by atoms with van der Waals surface area (Å²) in [6.45, 7) is 0.918. The SMILES string of the molecule is COC(=O)c1ccc(CNC(=O)CCCn2nnc(-c3ccccc3)n2)cc1. The number of benzene rings is 2. The quantitative estimate of drug-likeness (QED) is 0.603. The van der Waals surface area contributed by atoms with E-state index in [1.165, 1.54) is 11.9 Å². The number of carbonyl (C=O) groups is 2. The highest BCUT2D eigenvalue weighted by molar-refractivity contribution is 5.89. The first-order chi connectivity index (χ1) is 13.7. The minimum atomic E-state index is -0.382. The summed E-state index contributed by atoms with van der Waals surface area (Å²) in [5, 5.41) is 15.2. The number of nitrogens with one attached hydrogen (secondary N) is 1. The van der Waals surface area contributed by atoms with E-state index in [9.17, 15) is 9.59 Å². The van der Waals surface area contributed by atoms with Crippen LogP contribution in [-0.4, -0.2) is 39.2 Å². The van der Waals surface area contributed by atoms with Crippen LogP contribution in [0.3, 0.4) is 0 Å². The zero-order chi connectivity index (χ0) is 19.8. The first kappa shape index (κ1) is 19.2. The van der Waals surface area contributed by atoms with Crippen LogP contribution >= 0.6 is 0 Å². The molecule has 3 rings (SSSR count). The molecule has 0 aliphatic carbocycles. The summed E-state index contributed by atoms with van der Waals surface area (Å²) in [6.07, 6.45) is 0.972. The average Bonchev–Trinajstić information content (AvgIpc) is 3.21. The lowest BCUT2D eigenvalue weighted by Gasteiger charge is -2.06. The van der Waals surface area contributed by atoms with Crippen LogP contribution in [0.25, 0.3) is 11.4 Å². The fraction of sp³-hybridized carbons (Fsp3) is 0.250. The first-order valence-electron chi connectivity index (χ1n) is 8.93. The maximum Gasteiger partial charge on any atom is 0.337 e. The van der Waals surface area contributed by atoms with E-state index < -0.39 is 0 Å². The summed E-state index contributed by atoms with van der Waals surface area (Å²) >= 11 is 0. The van der Waals surface area contributed by atoms with Gasteiger partial charge in [-0.1, -0.05) is 42.5 Å². The minimum absolute atomic E-state index is 0.0551. The summed E-state index contributed by atoms with van der Waals surface area (Å²) in [5.41, 5.74) is 2.30. The molecule has 0 bridgehead atoms. The number of tetrazole rings is 1. The van der Waals surface area contributed by atoms with E-state index in [1.807, 2.05) is 30.3 Å². The Morgan fingerprint density at radius 1 is 1.07 bits per heavy atom. The summed E-state index contributed by atoms with van der Waals surface area (Å²) in [6, 6.07) is 16.5. The molecular formula is C20H21N5O3. The van der Waals surface area contributed by atoms with Crippen LogP contribution < -0.4 is 5.32 Å². The number of amides is 1. The lowest BCUT2D eigenvalue weighted by Crippen LogP contribution is -2.23. The number of methoxy groups -OCH3 is 1. The monoisotopic (exact) mass is 379 g/mol. The van der Waals surface area contributed by atoms with Crippen molar-refractivity contribution in [3.63, 3.8) is 0 Å². The van der Waals surface area contributed by atoms with E-state index in [2.05, 4.69) is 25.5 Å². The van der Waals surface area contributed by atoms with Crippen molar-refractivity contribution in [3.05, 3.63) is 65.7 Å². The Kier molecular flexibility index (Phi) is 6.46. The number of carbonyl (C=O) groups excluding carboxylic acids is 2. The third-order valence-corrected chi connectivity index (χ3v) is 4.11. The van der Waals surface area contributed by atoms with Crippen LogP contribution in [0.15, 0.2) is 54.6 Å². The third kappa shape index (κ3) is 5.23. The van der Waals surface area contributed by atoms with Crippen molar-refractivity contribution in [2.75, 3.05) is 7.11 Å². The summed E-state index contributed by atoms with van der Waals surface area (Å²) in [7, 11) is 1.34. The number of aryl methyl sites for hydroxylation is 1. The van der Waals surface area contributed by atoms with Gasteiger partial charge in [0.1, 0.15) is 0 Å². The molecule has 28 heavy (non-hydrogen) atoms. The minimum Gasteiger partial charge on any atom is -0.465 e. The second kappa shape index (κ2) is 9.40. The molecule has 0 saturated heterocycles. The van der Waals surface area contributed by atoms with Crippen molar-refractivity contribution in [1.29, 1.82) is 0 Å². The van der Waals surface area contributed by atoms with Crippen LogP contribution in [0.4, 0.5) is 0 Å². The maximum atomic E-state index is 12.0. The van der Waals surface area contributed by atoms with Gasteiger partial charge in [-0.15, -0.1) is 10.2 Å². The number of aromatic nitrogens is 4. The van der Waals surface area contributed by atoms with Crippen LogP contribution in [-0.2, 0) is 22.6 Å². The van der Waals surface area contributed by atoms with E-state index in [1.54, 1.807) is 24.3 Å². The molecule has 0 radical (unpaired) electrons. The second-order valence-corrected chi connectivity index (χ2v) is 6.14. The van der Waals surface area contributed by atoms with Crippen LogP contribution in [0, 0.1) is 0 Å². The standard InChI is InChI=1S/C20H21N5O3/c1-28-20(27)17-11-9-15(10-12-17)14-21-18(26)8-5-13-25-23-19(22-24-25)16-6-3-2-4-7-16/h2-4,6-7,9-12H,5,8,13-14H2,1H3,(H,21,26). The third-order valence-electron chi connectivity index (χ3n) is 4.11. The molecule has 0 fully saturated rings. The molecule has 1 aromatic heterocycles. The zero-order valence-electron chi connectivity index (χ0n) is 15.5. The van der Waals surface area contributed by atoms with Gasteiger partial charge in [0.05, 0.1) is 19.2 Å². The summed E-state index contributed by atoms with van der Waals surface area (Å²) < 4.78 is 4.66. The highest BCUT2D eigenvalue weighted by Crippen LogP contribution is 2.12. The van der Waals surface area contributed by atoms with Crippen molar-refractivity contribution in [1.82, 2.24) is 25.5 Å². The van der Waals surface area contributed by atoms with E-state index in [0.29, 0.717) is 37.3 Å². The van der Waals surface area contributed by atoms with Gasteiger partial charge in [-0.25, -0.2) is 4.79 Å². The summed E-state index contributed by atoms with van der Waals surface area (Å²) in [4.78, 5) is 24.9. The Morgan fingerprint density at radius 2 is 1.82 bits per heavy atom. The van der Waals surface area contributed by atoms with Crippen LogP contribution in [0.5, 0.6) is 0 Å². The predicted molar refractivity (Wildman–Crippen MR) is 102 cm³/mol. The van der Waals surface area contributed by atoms with Crippen LogP contribution in [0.1, 0.15) is 28.8 Å². The highest BCUT2D eigenvalue weighted by atomic mass is 16.5. The smallest absolute Gasteiger partial charge is 0.337 e. The molecule has 0 saturated carbocycles. The molecule has 8 nitrogen and oxygen atoms in total. The Balaban J connectivity index is 1.40. The van der Waals surface area contributed by atoms with Gasteiger partial charge >= 0.3 is 5.97 Å². The molecule has 3 aromatic rings. The molecule has 0 atom stereocenters. The topological polar surface area (TPSA) is 99.0 Å². The number of esters is 1. The van der Waals surface area contributed by atoms with E-state index >= 15 is 0 Å². The fourth-order valence-electron chi connectivity index (χ4n) is 2.59. The molecule has 1 N–H and O–H groups in total. The molecule has 1 amide bonds. The molecular weight excluding hydrogens is 358 g/mol. The van der Waals surface area contributed by atoms with Crippen molar-refractivity contribution in [3.8, 4) is 11.4 Å². The number of nitrogens with zero attached hydrogens (tertiary/aromatic N) is 4. The van der Waals surface area contributed by atoms with Crippen molar-refractivity contribution >= 4 is 11.9 Å². The number of hydrogen-bond donors (Lipinski definition) is 1. The zero-order valence-corrected chi connectivity index (χ0v) is 15.5. The molecule has 0 unspecified atom stereocenters. The second-order valence-electron chi connectivity index (χ2n) is 6.14. The maximum absolute atomic E-state index is 12.0.